The summed E-state index contributed by atoms with van der Waals surface area (Å²) >= 11 is 0. The van der Waals surface area contributed by atoms with Crippen LogP contribution in [0.1, 0.15) is 41.6 Å². The fourth-order valence-corrected chi connectivity index (χ4v) is 2.72. The third kappa shape index (κ3) is 4.57. The molecule has 0 aliphatic carbocycles. The molecule has 0 saturated heterocycles. The standard InChI is InChI=1S/C19H20FN7O3/c1-4-30-17(28)13-9-15(14(20)8-11(13)2)26-19(29)25-12(3)16-23-10-24-27(16)18-21-6-5-7-22-18/h5-10,12H,4H2,1-3H3,(H2,25,26,29)/t12-/m0/s1. The van der Waals surface area contributed by atoms with Crippen LogP contribution < -0.4 is 10.6 Å². The number of nitrogens with zero attached hydrogens (tertiary/aromatic N) is 5. The number of aromatic nitrogens is 5. The van der Waals surface area contributed by atoms with Crippen molar-refractivity contribution in [1.29, 1.82) is 0 Å². The number of anilines is 1. The van der Waals surface area contributed by atoms with Crippen molar-refractivity contribution < 1.29 is 18.7 Å². The van der Waals surface area contributed by atoms with Gasteiger partial charge in [0, 0.05) is 12.4 Å². The first-order valence-corrected chi connectivity index (χ1v) is 9.12. The van der Waals surface area contributed by atoms with E-state index in [4.69, 9.17) is 4.74 Å². The Morgan fingerprint density at radius 1 is 1.23 bits per heavy atom. The minimum absolute atomic E-state index is 0.152. The van der Waals surface area contributed by atoms with Crippen molar-refractivity contribution in [3.63, 3.8) is 0 Å². The summed E-state index contributed by atoms with van der Waals surface area (Å²) in [5.74, 6) is -0.595. The molecular formula is C19H20FN7O3. The van der Waals surface area contributed by atoms with Crippen molar-refractivity contribution in [1.82, 2.24) is 30.0 Å². The Labute approximate surface area is 171 Å². The first kappa shape index (κ1) is 20.8. The normalized spacial score (nSPS) is 11.6. The molecule has 2 N–H and O–H groups in total. The van der Waals surface area contributed by atoms with Gasteiger partial charge in [-0.1, -0.05) is 0 Å². The summed E-state index contributed by atoms with van der Waals surface area (Å²) in [6.45, 7) is 5.12. The van der Waals surface area contributed by atoms with Crippen molar-refractivity contribution in [2.75, 3.05) is 11.9 Å². The molecule has 0 aliphatic rings. The van der Waals surface area contributed by atoms with Crippen LogP contribution >= 0.6 is 0 Å². The monoisotopic (exact) mass is 413 g/mol. The van der Waals surface area contributed by atoms with Gasteiger partial charge in [-0.05, 0) is 44.5 Å². The zero-order valence-electron chi connectivity index (χ0n) is 16.6. The molecule has 0 aliphatic heterocycles. The van der Waals surface area contributed by atoms with Gasteiger partial charge in [-0.15, -0.1) is 0 Å². The SMILES string of the molecule is CCOC(=O)c1cc(NC(=O)N[C@@H](C)c2ncnn2-c2ncccn2)c(F)cc1C. The number of amides is 2. The van der Waals surface area contributed by atoms with E-state index < -0.39 is 23.9 Å². The van der Waals surface area contributed by atoms with E-state index in [9.17, 15) is 14.0 Å². The number of rotatable bonds is 6. The molecule has 0 spiro atoms. The van der Waals surface area contributed by atoms with Crippen LogP contribution in [0.2, 0.25) is 0 Å². The smallest absolute Gasteiger partial charge is 0.338 e. The second-order valence-corrected chi connectivity index (χ2v) is 6.27. The third-order valence-corrected chi connectivity index (χ3v) is 4.11. The number of carbonyl (C=O) groups is 2. The molecule has 1 atom stereocenters. The lowest BCUT2D eigenvalue weighted by Crippen LogP contribution is -2.33. The van der Waals surface area contributed by atoms with Gasteiger partial charge >= 0.3 is 12.0 Å². The van der Waals surface area contributed by atoms with Crippen molar-refractivity contribution in [3.05, 3.63) is 59.7 Å². The summed E-state index contributed by atoms with van der Waals surface area (Å²) in [4.78, 5) is 36.8. The van der Waals surface area contributed by atoms with Crippen LogP contribution in [0.4, 0.5) is 14.9 Å². The lowest BCUT2D eigenvalue weighted by molar-refractivity contribution is 0.0525. The molecule has 3 rings (SSSR count). The van der Waals surface area contributed by atoms with Gasteiger partial charge in [-0.25, -0.2) is 28.9 Å². The van der Waals surface area contributed by atoms with E-state index in [-0.39, 0.29) is 17.9 Å². The highest BCUT2D eigenvalue weighted by Crippen LogP contribution is 2.21. The molecule has 10 nitrogen and oxygen atoms in total. The predicted octanol–water partition coefficient (Wildman–Crippen LogP) is 2.56. The minimum Gasteiger partial charge on any atom is -0.462 e. The Hall–Kier alpha value is -3.89. The number of hydrogen-bond acceptors (Lipinski definition) is 7. The van der Waals surface area contributed by atoms with Gasteiger partial charge in [0.2, 0.25) is 0 Å². The first-order chi connectivity index (χ1) is 14.4. The van der Waals surface area contributed by atoms with Crippen molar-refractivity contribution >= 4 is 17.7 Å². The number of esters is 1. The molecule has 3 aromatic rings. The maximum Gasteiger partial charge on any atom is 0.338 e. The maximum atomic E-state index is 14.3. The molecule has 2 amide bonds. The molecular weight excluding hydrogens is 393 g/mol. The van der Waals surface area contributed by atoms with Crippen LogP contribution in [0.3, 0.4) is 0 Å². The molecule has 1 aromatic carbocycles. The van der Waals surface area contributed by atoms with E-state index in [1.165, 1.54) is 17.1 Å². The number of halogens is 1. The zero-order chi connectivity index (χ0) is 21.7. The highest BCUT2D eigenvalue weighted by Gasteiger charge is 2.20. The molecule has 0 unspecified atom stereocenters. The fourth-order valence-electron chi connectivity index (χ4n) is 2.72. The van der Waals surface area contributed by atoms with Crippen molar-refractivity contribution in [2.45, 2.75) is 26.8 Å². The van der Waals surface area contributed by atoms with E-state index in [0.29, 0.717) is 17.3 Å². The number of hydrogen-bond donors (Lipinski definition) is 2. The van der Waals surface area contributed by atoms with Gasteiger partial charge < -0.3 is 15.4 Å². The molecule has 156 valence electrons. The molecule has 0 bridgehead atoms. The van der Waals surface area contributed by atoms with Gasteiger partial charge in [0.15, 0.2) is 5.82 Å². The van der Waals surface area contributed by atoms with E-state index in [2.05, 4.69) is 30.7 Å². The van der Waals surface area contributed by atoms with Crippen LogP contribution in [0, 0.1) is 12.7 Å². The second kappa shape index (κ2) is 9.07. The number of ether oxygens (including phenoxy) is 1. The number of carbonyl (C=O) groups excluding carboxylic acids is 2. The molecule has 2 aromatic heterocycles. The van der Waals surface area contributed by atoms with Gasteiger partial charge in [0.05, 0.1) is 23.9 Å². The Morgan fingerprint density at radius 3 is 2.67 bits per heavy atom. The average molecular weight is 413 g/mol. The summed E-state index contributed by atoms with van der Waals surface area (Å²) in [7, 11) is 0. The van der Waals surface area contributed by atoms with Crippen molar-refractivity contribution in [3.8, 4) is 5.95 Å². The van der Waals surface area contributed by atoms with Gasteiger partial charge in [-0.3, -0.25) is 0 Å². The summed E-state index contributed by atoms with van der Waals surface area (Å²) < 4.78 is 20.6. The van der Waals surface area contributed by atoms with Crippen LogP contribution in [0.5, 0.6) is 0 Å². The highest BCUT2D eigenvalue weighted by atomic mass is 19.1. The Kier molecular flexibility index (Phi) is 6.30. The predicted molar refractivity (Wildman–Crippen MR) is 105 cm³/mol. The van der Waals surface area contributed by atoms with Crippen LogP contribution in [-0.4, -0.2) is 43.3 Å². The summed E-state index contributed by atoms with van der Waals surface area (Å²) in [6, 6.07) is 2.77. The Balaban J connectivity index is 1.74. The largest absolute Gasteiger partial charge is 0.462 e. The van der Waals surface area contributed by atoms with Crippen LogP contribution in [0.15, 0.2) is 36.9 Å². The molecule has 0 radical (unpaired) electrons. The molecule has 2 heterocycles. The lowest BCUT2D eigenvalue weighted by atomic mass is 10.1. The fraction of sp³-hybridized carbons (Fsp3) is 0.263. The van der Waals surface area contributed by atoms with Gasteiger partial charge in [0.25, 0.3) is 5.95 Å². The first-order valence-electron chi connectivity index (χ1n) is 9.12. The van der Waals surface area contributed by atoms with E-state index in [1.54, 1.807) is 39.2 Å². The zero-order valence-corrected chi connectivity index (χ0v) is 16.6. The topological polar surface area (TPSA) is 124 Å². The van der Waals surface area contributed by atoms with Gasteiger partial charge in [0.1, 0.15) is 12.1 Å². The average Bonchev–Trinajstić information content (AvgIpc) is 3.21. The lowest BCUT2D eigenvalue weighted by Gasteiger charge is -2.15. The van der Waals surface area contributed by atoms with Crippen molar-refractivity contribution in [2.24, 2.45) is 0 Å². The van der Waals surface area contributed by atoms with E-state index >= 15 is 0 Å². The molecule has 0 fully saturated rings. The Morgan fingerprint density at radius 2 is 1.97 bits per heavy atom. The van der Waals surface area contributed by atoms with Crippen LogP contribution in [-0.2, 0) is 4.74 Å². The quantitative estimate of drug-likeness (QED) is 0.595. The maximum absolute atomic E-state index is 14.3. The van der Waals surface area contributed by atoms with E-state index in [1.807, 2.05) is 0 Å². The molecule has 0 saturated carbocycles. The van der Waals surface area contributed by atoms with E-state index in [0.717, 1.165) is 6.07 Å². The van der Waals surface area contributed by atoms with Crippen LogP contribution in [0.25, 0.3) is 5.95 Å². The second-order valence-electron chi connectivity index (χ2n) is 6.27. The summed E-state index contributed by atoms with van der Waals surface area (Å²) in [5, 5.41) is 9.12. The number of benzene rings is 1. The number of aryl methyl sites for hydroxylation is 1. The minimum atomic E-state index is -0.691. The highest BCUT2D eigenvalue weighted by molar-refractivity contribution is 5.95. The summed E-state index contributed by atoms with van der Waals surface area (Å²) in [5.41, 5.74) is 0.421. The van der Waals surface area contributed by atoms with Gasteiger partial charge in [-0.2, -0.15) is 9.78 Å². The Bertz CT molecular complexity index is 1060. The third-order valence-electron chi connectivity index (χ3n) is 4.11. The number of urea groups is 1. The molecule has 11 heteroatoms. The number of nitrogens with one attached hydrogen (secondary N) is 2. The molecule has 30 heavy (non-hydrogen) atoms. The summed E-state index contributed by atoms with van der Waals surface area (Å²) in [6.07, 6.45) is 4.42.